The van der Waals surface area contributed by atoms with Crippen LogP contribution in [0.4, 0.5) is 11.4 Å². The topological polar surface area (TPSA) is 147 Å². The summed E-state index contributed by atoms with van der Waals surface area (Å²) in [4.78, 5) is 13.0. The SMILES string of the molecule is CC(=O)Nc1ccc(S(=O)(=O)NNc2ccc(S(N)(=O)=O)cc2)cc1. The van der Waals surface area contributed by atoms with Crippen molar-refractivity contribution in [2.75, 3.05) is 10.7 Å². The first-order valence-corrected chi connectivity index (χ1v) is 9.89. The quantitative estimate of drug-likeness (QED) is 0.536. The molecule has 0 aliphatic rings. The van der Waals surface area contributed by atoms with Gasteiger partial charge >= 0.3 is 0 Å². The summed E-state index contributed by atoms with van der Waals surface area (Å²) >= 11 is 0. The van der Waals surface area contributed by atoms with Crippen molar-refractivity contribution in [2.24, 2.45) is 5.14 Å². The van der Waals surface area contributed by atoms with Crippen molar-refractivity contribution in [3.63, 3.8) is 0 Å². The van der Waals surface area contributed by atoms with Gasteiger partial charge in [0.2, 0.25) is 15.9 Å². The molecule has 2 aromatic carbocycles. The highest BCUT2D eigenvalue weighted by molar-refractivity contribution is 7.89. The zero-order chi connectivity index (χ0) is 18.7. The molecule has 11 heteroatoms. The summed E-state index contributed by atoms with van der Waals surface area (Å²) < 4.78 is 46.7. The molecule has 0 atom stereocenters. The summed E-state index contributed by atoms with van der Waals surface area (Å²) in [6.45, 7) is 1.34. The number of hydrogen-bond acceptors (Lipinski definition) is 6. The predicted molar refractivity (Wildman–Crippen MR) is 92.5 cm³/mol. The van der Waals surface area contributed by atoms with Gasteiger partial charge in [-0.05, 0) is 48.5 Å². The highest BCUT2D eigenvalue weighted by Crippen LogP contribution is 2.15. The molecule has 1 amide bonds. The molecule has 2 aromatic rings. The van der Waals surface area contributed by atoms with Crippen LogP contribution in [-0.4, -0.2) is 22.7 Å². The summed E-state index contributed by atoms with van der Waals surface area (Å²) in [5.41, 5.74) is 3.26. The minimum absolute atomic E-state index is 0.0183. The molecule has 0 fully saturated rings. The van der Waals surface area contributed by atoms with Crippen LogP contribution in [0.15, 0.2) is 58.3 Å². The summed E-state index contributed by atoms with van der Waals surface area (Å²) in [5, 5.41) is 7.51. The van der Waals surface area contributed by atoms with E-state index in [0.29, 0.717) is 11.4 Å². The van der Waals surface area contributed by atoms with Crippen molar-refractivity contribution in [1.29, 1.82) is 0 Å². The van der Waals surface area contributed by atoms with Gasteiger partial charge in [-0.25, -0.2) is 22.0 Å². The molecule has 0 bridgehead atoms. The van der Waals surface area contributed by atoms with Crippen LogP contribution < -0.4 is 20.7 Å². The maximum atomic E-state index is 12.2. The molecular weight excluding hydrogens is 368 g/mol. The van der Waals surface area contributed by atoms with E-state index in [4.69, 9.17) is 5.14 Å². The molecule has 0 unspecified atom stereocenters. The second-order valence-corrected chi connectivity index (χ2v) is 8.25. The summed E-state index contributed by atoms with van der Waals surface area (Å²) in [6.07, 6.45) is 0. The van der Waals surface area contributed by atoms with Crippen LogP contribution >= 0.6 is 0 Å². The highest BCUT2D eigenvalue weighted by Gasteiger charge is 2.14. The van der Waals surface area contributed by atoms with Crippen LogP contribution in [0.1, 0.15) is 6.92 Å². The van der Waals surface area contributed by atoms with Crippen LogP contribution in [0, 0.1) is 0 Å². The smallest absolute Gasteiger partial charge is 0.257 e. The molecule has 9 nitrogen and oxygen atoms in total. The number of hydrogen-bond donors (Lipinski definition) is 4. The van der Waals surface area contributed by atoms with E-state index in [9.17, 15) is 21.6 Å². The van der Waals surface area contributed by atoms with E-state index in [2.05, 4.69) is 15.6 Å². The molecule has 134 valence electrons. The molecule has 0 aromatic heterocycles. The zero-order valence-electron chi connectivity index (χ0n) is 13.1. The Kier molecular flexibility index (Phi) is 5.42. The molecule has 5 N–H and O–H groups in total. The molecule has 0 saturated heterocycles. The average Bonchev–Trinajstić information content (AvgIpc) is 2.52. The molecule has 0 radical (unpaired) electrons. The highest BCUT2D eigenvalue weighted by atomic mass is 32.2. The third-order valence-electron chi connectivity index (χ3n) is 3.00. The Morgan fingerprint density at radius 3 is 1.80 bits per heavy atom. The Morgan fingerprint density at radius 2 is 1.32 bits per heavy atom. The Balaban J connectivity index is 2.07. The van der Waals surface area contributed by atoms with Crippen LogP contribution in [0.5, 0.6) is 0 Å². The lowest BCUT2D eigenvalue weighted by atomic mass is 10.3. The molecule has 0 aliphatic carbocycles. The Morgan fingerprint density at radius 1 is 0.840 bits per heavy atom. The van der Waals surface area contributed by atoms with E-state index in [1.165, 1.54) is 55.5 Å². The summed E-state index contributed by atoms with van der Waals surface area (Å²) in [5.74, 6) is -0.265. The first-order chi connectivity index (χ1) is 11.6. The van der Waals surface area contributed by atoms with Crippen molar-refractivity contribution in [3.05, 3.63) is 48.5 Å². The Labute approximate surface area is 145 Å². The number of amides is 1. The number of sulfonamides is 2. The van der Waals surface area contributed by atoms with E-state index >= 15 is 0 Å². The maximum Gasteiger partial charge on any atom is 0.257 e. The fourth-order valence-corrected chi connectivity index (χ4v) is 3.21. The molecule has 2 rings (SSSR count). The standard InChI is InChI=1S/C14H16N4O5S2/c1-10(19)16-11-2-8-14(9-3-11)25(22,23)18-17-12-4-6-13(7-5-12)24(15,20)21/h2-9,17-18H,1H3,(H,16,19)(H2,15,20,21). The van der Waals surface area contributed by atoms with Crippen molar-refractivity contribution < 1.29 is 21.6 Å². The number of nitrogens with two attached hydrogens (primary N) is 1. The summed E-state index contributed by atoms with van der Waals surface area (Å²) in [7, 11) is -7.67. The Bertz CT molecular complexity index is 969. The van der Waals surface area contributed by atoms with Gasteiger partial charge in [0.05, 0.1) is 9.79 Å². The van der Waals surface area contributed by atoms with Gasteiger partial charge < -0.3 is 10.7 Å². The second kappa shape index (κ2) is 7.19. The van der Waals surface area contributed by atoms with E-state index < -0.39 is 20.0 Å². The third kappa shape index (κ3) is 5.26. The molecule has 0 aliphatic heterocycles. The minimum Gasteiger partial charge on any atom is -0.326 e. The largest absolute Gasteiger partial charge is 0.326 e. The van der Waals surface area contributed by atoms with Crippen molar-refractivity contribution in [1.82, 2.24) is 4.83 Å². The predicted octanol–water partition coefficient (Wildman–Crippen LogP) is 0.598. The number of nitrogens with one attached hydrogen (secondary N) is 3. The van der Waals surface area contributed by atoms with Crippen molar-refractivity contribution in [3.8, 4) is 0 Å². The van der Waals surface area contributed by atoms with Gasteiger partial charge in [0.15, 0.2) is 0 Å². The van der Waals surface area contributed by atoms with Gasteiger partial charge in [-0.2, -0.15) is 0 Å². The first-order valence-electron chi connectivity index (χ1n) is 6.86. The van der Waals surface area contributed by atoms with Crippen molar-refractivity contribution in [2.45, 2.75) is 16.7 Å². The lowest BCUT2D eigenvalue weighted by molar-refractivity contribution is -0.114. The maximum absolute atomic E-state index is 12.2. The fourth-order valence-electron chi connectivity index (χ4n) is 1.83. The lowest BCUT2D eigenvalue weighted by Gasteiger charge is -2.10. The number of carbonyl (C=O) groups excluding carboxylic acids is 1. The van der Waals surface area contributed by atoms with Gasteiger partial charge in [0.25, 0.3) is 10.0 Å². The van der Waals surface area contributed by atoms with Crippen LogP contribution in [0.2, 0.25) is 0 Å². The second-order valence-electron chi connectivity index (χ2n) is 5.01. The molecule has 0 heterocycles. The van der Waals surface area contributed by atoms with Crippen LogP contribution in [0.3, 0.4) is 0 Å². The van der Waals surface area contributed by atoms with Crippen LogP contribution in [-0.2, 0) is 24.8 Å². The number of primary sulfonamides is 1. The van der Waals surface area contributed by atoms with Gasteiger partial charge in [-0.3, -0.25) is 4.79 Å². The lowest BCUT2D eigenvalue weighted by Crippen LogP contribution is -2.29. The molecule has 0 saturated carbocycles. The van der Waals surface area contributed by atoms with Gasteiger partial charge in [-0.1, -0.05) is 0 Å². The number of rotatable bonds is 6. The Hall–Kier alpha value is -2.47. The third-order valence-corrected chi connectivity index (χ3v) is 5.19. The molecule has 0 spiro atoms. The number of carbonyl (C=O) groups is 1. The monoisotopic (exact) mass is 384 g/mol. The van der Waals surface area contributed by atoms with Gasteiger partial charge in [-0.15, -0.1) is 4.83 Å². The summed E-state index contributed by atoms with van der Waals surface area (Å²) in [6, 6.07) is 10.8. The minimum atomic E-state index is -3.86. The first kappa shape index (κ1) is 18.9. The fraction of sp³-hybridized carbons (Fsp3) is 0.0714. The normalized spacial score (nSPS) is 11.8. The van der Waals surface area contributed by atoms with Gasteiger partial charge in [0.1, 0.15) is 0 Å². The van der Waals surface area contributed by atoms with Gasteiger partial charge in [0, 0.05) is 18.3 Å². The number of anilines is 2. The zero-order valence-corrected chi connectivity index (χ0v) is 14.7. The van der Waals surface area contributed by atoms with E-state index in [-0.39, 0.29) is 15.7 Å². The number of benzene rings is 2. The van der Waals surface area contributed by atoms with E-state index in [0.717, 1.165) is 0 Å². The van der Waals surface area contributed by atoms with E-state index in [1.54, 1.807) is 0 Å². The molecular formula is C14H16N4O5S2. The van der Waals surface area contributed by atoms with E-state index in [1.807, 2.05) is 0 Å². The van der Waals surface area contributed by atoms with Crippen LogP contribution in [0.25, 0.3) is 0 Å². The molecule has 25 heavy (non-hydrogen) atoms. The number of hydrazine groups is 1. The average molecular weight is 384 g/mol. The van der Waals surface area contributed by atoms with Crippen molar-refractivity contribution >= 4 is 37.3 Å².